The quantitative estimate of drug-likeness (QED) is 0.438. The van der Waals surface area contributed by atoms with E-state index in [-0.39, 0.29) is 16.1 Å². The highest BCUT2D eigenvalue weighted by molar-refractivity contribution is 6.32. The lowest BCUT2D eigenvalue weighted by Crippen LogP contribution is -2.01. The number of nitro groups is 1. The Balaban J connectivity index is 3.54. The van der Waals surface area contributed by atoms with E-state index in [1.54, 1.807) is 6.07 Å². The predicted octanol–water partition coefficient (Wildman–Crippen LogP) is 2.32. The predicted molar refractivity (Wildman–Crippen MR) is 52.8 cm³/mol. The third-order valence-corrected chi connectivity index (χ3v) is 2.09. The van der Waals surface area contributed by atoms with Crippen LogP contribution in [0.3, 0.4) is 0 Å². The molecular formula is C9H5ClN2O3. The summed E-state index contributed by atoms with van der Waals surface area (Å²) in [7, 11) is 0. The van der Waals surface area contributed by atoms with Crippen molar-refractivity contribution in [2.24, 2.45) is 0 Å². The van der Waals surface area contributed by atoms with Crippen LogP contribution in [0.1, 0.15) is 22.8 Å². The number of carbonyl (C=O) groups excluding carboxylic acids is 1. The van der Waals surface area contributed by atoms with E-state index in [0.29, 0.717) is 0 Å². The van der Waals surface area contributed by atoms with E-state index < -0.39 is 16.4 Å². The van der Waals surface area contributed by atoms with Crippen molar-refractivity contribution in [3.05, 3.63) is 38.4 Å². The zero-order valence-electron chi connectivity index (χ0n) is 7.65. The Kier molecular flexibility index (Phi) is 3.02. The molecule has 76 valence electrons. The average molecular weight is 225 g/mol. The monoisotopic (exact) mass is 224 g/mol. The summed E-state index contributed by atoms with van der Waals surface area (Å²) in [5.41, 5.74) is -0.513. The molecule has 6 heteroatoms. The first-order chi connectivity index (χ1) is 6.97. The lowest BCUT2D eigenvalue weighted by molar-refractivity contribution is -0.385. The first-order valence-electron chi connectivity index (χ1n) is 3.86. The maximum Gasteiger partial charge on any atom is 0.281 e. The molecule has 0 amide bonds. The molecule has 0 N–H and O–H groups in total. The summed E-state index contributed by atoms with van der Waals surface area (Å²) in [6, 6.07) is 3.85. The van der Waals surface area contributed by atoms with Crippen molar-refractivity contribution < 1.29 is 9.72 Å². The van der Waals surface area contributed by atoms with Crippen LogP contribution in [0, 0.1) is 21.4 Å². The highest BCUT2D eigenvalue weighted by Crippen LogP contribution is 2.26. The minimum absolute atomic E-state index is 0.0200. The van der Waals surface area contributed by atoms with Gasteiger partial charge in [-0.1, -0.05) is 11.6 Å². The van der Waals surface area contributed by atoms with Gasteiger partial charge in [-0.25, -0.2) is 0 Å². The molecule has 0 unspecified atom stereocenters. The first-order valence-corrected chi connectivity index (χ1v) is 4.24. The van der Waals surface area contributed by atoms with Gasteiger partial charge in [0.2, 0.25) is 0 Å². The zero-order valence-corrected chi connectivity index (χ0v) is 8.41. The zero-order chi connectivity index (χ0) is 11.6. The number of hydrogen-bond acceptors (Lipinski definition) is 4. The van der Waals surface area contributed by atoms with E-state index in [4.69, 9.17) is 16.9 Å². The third kappa shape index (κ3) is 2.11. The number of rotatable bonds is 2. The van der Waals surface area contributed by atoms with Gasteiger partial charge in [-0.05, 0) is 13.0 Å². The SMILES string of the molecule is CC(=O)c1cc(Cl)c(C#N)cc1[N+](=O)[O-]. The Hall–Kier alpha value is -1.93. The molecule has 0 aliphatic rings. The Labute approximate surface area is 90.0 Å². The molecule has 0 bridgehead atoms. The van der Waals surface area contributed by atoms with Crippen molar-refractivity contribution in [3.63, 3.8) is 0 Å². The van der Waals surface area contributed by atoms with Crippen molar-refractivity contribution in [2.45, 2.75) is 6.92 Å². The molecule has 0 spiro atoms. The molecule has 1 rings (SSSR count). The van der Waals surface area contributed by atoms with E-state index in [0.717, 1.165) is 12.1 Å². The van der Waals surface area contributed by atoms with Crippen molar-refractivity contribution >= 4 is 23.1 Å². The number of ketones is 1. The number of hydrogen-bond donors (Lipinski definition) is 0. The molecule has 1 aromatic carbocycles. The van der Waals surface area contributed by atoms with Gasteiger partial charge >= 0.3 is 0 Å². The van der Waals surface area contributed by atoms with Gasteiger partial charge in [-0.15, -0.1) is 0 Å². The molecule has 0 heterocycles. The summed E-state index contributed by atoms with van der Waals surface area (Å²) in [6.07, 6.45) is 0. The van der Waals surface area contributed by atoms with Gasteiger partial charge in [0.05, 0.1) is 21.1 Å². The highest BCUT2D eigenvalue weighted by atomic mass is 35.5. The van der Waals surface area contributed by atoms with Gasteiger partial charge in [0.25, 0.3) is 5.69 Å². The molecule has 0 saturated carbocycles. The number of nitro benzene ring substituents is 1. The van der Waals surface area contributed by atoms with E-state index in [1.807, 2.05) is 0 Å². The second-order valence-corrected chi connectivity index (χ2v) is 3.18. The first kappa shape index (κ1) is 11.1. The number of nitriles is 1. The van der Waals surface area contributed by atoms with E-state index in [1.165, 1.54) is 6.92 Å². The fraction of sp³-hybridized carbons (Fsp3) is 0.111. The van der Waals surface area contributed by atoms with Gasteiger partial charge in [-0.2, -0.15) is 5.26 Å². The van der Waals surface area contributed by atoms with Crippen LogP contribution < -0.4 is 0 Å². The maximum atomic E-state index is 11.1. The van der Waals surface area contributed by atoms with Crippen LogP contribution in [-0.4, -0.2) is 10.7 Å². The van der Waals surface area contributed by atoms with E-state index >= 15 is 0 Å². The second kappa shape index (κ2) is 4.07. The molecular weight excluding hydrogens is 220 g/mol. The molecule has 0 fully saturated rings. The van der Waals surface area contributed by atoms with Crippen molar-refractivity contribution in [3.8, 4) is 6.07 Å². The molecule has 0 atom stereocenters. The fourth-order valence-corrected chi connectivity index (χ4v) is 1.29. The number of benzene rings is 1. The van der Waals surface area contributed by atoms with Crippen molar-refractivity contribution in [1.29, 1.82) is 5.26 Å². The molecule has 15 heavy (non-hydrogen) atoms. The molecule has 5 nitrogen and oxygen atoms in total. The van der Waals surface area contributed by atoms with Crippen molar-refractivity contribution in [1.82, 2.24) is 0 Å². The minimum atomic E-state index is -0.714. The van der Waals surface area contributed by atoms with Crippen molar-refractivity contribution in [2.75, 3.05) is 0 Å². The topological polar surface area (TPSA) is 84.0 Å². The summed E-state index contributed by atoms with van der Waals surface area (Å²) < 4.78 is 0. The Morgan fingerprint density at radius 3 is 2.60 bits per heavy atom. The summed E-state index contributed by atoms with van der Waals surface area (Å²) in [4.78, 5) is 21.0. The average Bonchev–Trinajstić information content (AvgIpc) is 2.16. The molecule has 0 aliphatic carbocycles. The Morgan fingerprint density at radius 2 is 2.20 bits per heavy atom. The van der Waals surface area contributed by atoms with E-state index in [9.17, 15) is 14.9 Å². The van der Waals surface area contributed by atoms with Crippen LogP contribution in [0.2, 0.25) is 5.02 Å². The number of nitrogens with zero attached hydrogens (tertiary/aromatic N) is 2. The molecule has 1 aromatic rings. The second-order valence-electron chi connectivity index (χ2n) is 2.77. The summed E-state index contributed by atoms with van der Waals surface area (Å²) in [6.45, 7) is 1.20. The van der Waals surface area contributed by atoms with Crippen LogP contribution in [0.15, 0.2) is 12.1 Å². The standard InChI is InChI=1S/C9H5ClN2O3/c1-5(13)7-3-8(10)6(4-11)2-9(7)12(14)15/h2-3H,1H3. The van der Waals surface area contributed by atoms with Gasteiger partial charge in [0.15, 0.2) is 5.78 Å². The summed E-state index contributed by atoms with van der Waals surface area (Å²) in [5, 5.41) is 19.3. The van der Waals surface area contributed by atoms with Gasteiger partial charge in [0, 0.05) is 6.07 Å². The van der Waals surface area contributed by atoms with Crippen LogP contribution in [0.25, 0.3) is 0 Å². The van der Waals surface area contributed by atoms with Gasteiger partial charge < -0.3 is 0 Å². The molecule has 0 radical (unpaired) electrons. The highest BCUT2D eigenvalue weighted by Gasteiger charge is 2.20. The van der Waals surface area contributed by atoms with Crippen LogP contribution in [0.4, 0.5) is 5.69 Å². The van der Waals surface area contributed by atoms with Crippen LogP contribution in [-0.2, 0) is 0 Å². The fourth-order valence-electron chi connectivity index (χ4n) is 1.08. The lowest BCUT2D eigenvalue weighted by atomic mass is 10.1. The molecule has 0 aromatic heterocycles. The number of Topliss-reactive ketones (excluding diaryl/α,β-unsaturated/α-hetero) is 1. The Bertz CT molecular complexity index is 491. The minimum Gasteiger partial charge on any atom is -0.294 e. The third-order valence-electron chi connectivity index (χ3n) is 1.78. The molecule has 0 aliphatic heterocycles. The van der Waals surface area contributed by atoms with Gasteiger partial charge in [0.1, 0.15) is 6.07 Å². The number of carbonyl (C=O) groups is 1. The van der Waals surface area contributed by atoms with Gasteiger partial charge in [-0.3, -0.25) is 14.9 Å². The van der Waals surface area contributed by atoms with Crippen LogP contribution in [0.5, 0.6) is 0 Å². The summed E-state index contributed by atoms with van der Waals surface area (Å²) in [5.74, 6) is -0.465. The molecule has 0 saturated heterocycles. The maximum absolute atomic E-state index is 11.1. The lowest BCUT2D eigenvalue weighted by Gasteiger charge is -2.00. The van der Waals surface area contributed by atoms with Crippen LogP contribution >= 0.6 is 11.6 Å². The van der Waals surface area contributed by atoms with E-state index in [2.05, 4.69) is 0 Å². The number of halogens is 1. The Morgan fingerprint density at radius 1 is 1.60 bits per heavy atom. The normalized spacial score (nSPS) is 9.40. The largest absolute Gasteiger partial charge is 0.294 e. The smallest absolute Gasteiger partial charge is 0.281 e. The summed E-state index contributed by atoms with van der Waals surface area (Å²) >= 11 is 5.65.